The average molecular weight is 372 g/mol. The summed E-state index contributed by atoms with van der Waals surface area (Å²) < 4.78 is 6.68. The van der Waals surface area contributed by atoms with Crippen LogP contribution in [0.2, 0.25) is 0 Å². The van der Waals surface area contributed by atoms with E-state index in [2.05, 4.69) is 36.2 Å². The van der Waals surface area contributed by atoms with E-state index in [1.807, 2.05) is 43.3 Å². The molecule has 0 unspecified atom stereocenters. The van der Waals surface area contributed by atoms with Crippen molar-refractivity contribution in [2.24, 2.45) is 0 Å². The predicted octanol–water partition coefficient (Wildman–Crippen LogP) is 4.06. The van der Waals surface area contributed by atoms with Crippen LogP contribution in [0.4, 0.5) is 17.3 Å². The molecule has 23 heavy (non-hydrogen) atoms. The lowest BCUT2D eigenvalue weighted by molar-refractivity contribution is 0.464. The van der Waals surface area contributed by atoms with Gasteiger partial charge in [-0.2, -0.15) is 4.98 Å². The van der Waals surface area contributed by atoms with Crippen molar-refractivity contribution in [3.8, 4) is 11.6 Å². The number of halogens is 1. The monoisotopic (exact) mass is 371 g/mol. The summed E-state index contributed by atoms with van der Waals surface area (Å²) in [5, 5.41) is 3.10. The summed E-state index contributed by atoms with van der Waals surface area (Å²) in [6.45, 7) is 1.95. The highest BCUT2D eigenvalue weighted by molar-refractivity contribution is 9.10. The normalized spacial score (nSPS) is 10.3. The molecule has 1 aromatic carbocycles. The molecule has 3 rings (SSSR count). The van der Waals surface area contributed by atoms with Gasteiger partial charge in [0.2, 0.25) is 5.88 Å². The Bertz CT molecular complexity index is 823. The fourth-order valence-electron chi connectivity index (χ4n) is 1.90. The SMILES string of the molecule is Cc1cccnc1Nc1ncnc(Oc2ccc(Br)cc2)c1N. The number of nitrogens with zero attached hydrogens (tertiary/aromatic N) is 3. The van der Waals surface area contributed by atoms with Gasteiger partial charge in [0.1, 0.15) is 23.6 Å². The topological polar surface area (TPSA) is 86.0 Å². The molecule has 0 radical (unpaired) electrons. The third kappa shape index (κ3) is 3.57. The minimum atomic E-state index is 0.290. The Balaban J connectivity index is 1.86. The quantitative estimate of drug-likeness (QED) is 0.718. The summed E-state index contributed by atoms with van der Waals surface area (Å²) in [6, 6.07) is 11.2. The number of nitrogens with two attached hydrogens (primary N) is 1. The smallest absolute Gasteiger partial charge is 0.248 e. The van der Waals surface area contributed by atoms with Crippen molar-refractivity contribution in [3.63, 3.8) is 0 Å². The first-order valence-corrected chi connectivity index (χ1v) is 7.65. The van der Waals surface area contributed by atoms with Crippen molar-refractivity contribution in [2.75, 3.05) is 11.1 Å². The third-order valence-corrected chi connectivity index (χ3v) is 3.65. The van der Waals surface area contributed by atoms with E-state index in [0.29, 0.717) is 29.0 Å². The number of rotatable bonds is 4. The molecule has 116 valence electrons. The fraction of sp³-hybridized carbons (Fsp3) is 0.0625. The van der Waals surface area contributed by atoms with E-state index >= 15 is 0 Å². The molecule has 0 amide bonds. The lowest BCUT2D eigenvalue weighted by Crippen LogP contribution is -2.04. The van der Waals surface area contributed by atoms with E-state index in [-0.39, 0.29) is 0 Å². The number of aromatic nitrogens is 3. The van der Waals surface area contributed by atoms with Gasteiger partial charge in [0.05, 0.1) is 0 Å². The van der Waals surface area contributed by atoms with Gasteiger partial charge in [-0.3, -0.25) is 0 Å². The Kier molecular flexibility index (Phi) is 4.38. The van der Waals surface area contributed by atoms with Crippen molar-refractivity contribution in [1.29, 1.82) is 0 Å². The van der Waals surface area contributed by atoms with Crippen LogP contribution < -0.4 is 15.8 Å². The molecule has 0 saturated carbocycles. The molecule has 3 N–H and O–H groups in total. The van der Waals surface area contributed by atoms with Gasteiger partial charge in [-0.1, -0.05) is 22.0 Å². The zero-order chi connectivity index (χ0) is 16.2. The van der Waals surface area contributed by atoms with E-state index < -0.39 is 0 Å². The Labute approximate surface area is 141 Å². The number of hydrogen-bond donors (Lipinski definition) is 2. The van der Waals surface area contributed by atoms with Crippen LogP contribution in [0.25, 0.3) is 0 Å². The van der Waals surface area contributed by atoms with E-state index in [1.165, 1.54) is 6.33 Å². The summed E-state index contributed by atoms with van der Waals surface area (Å²) >= 11 is 3.38. The second-order valence-corrected chi connectivity index (χ2v) is 5.71. The number of pyridine rings is 1. The molecule has 0 saturated heterocycles. The minimum Gasteiger partial charge on any atom is -0.437 e. The maximum absolute atomic E-state index is 6.11. The number of aryl methyl sites for hydroxylation is 1. The minimum absolute atomic E-state index is 0.290. The molecule has 2 heterocycles. The van der Waals surface area contributed by atoms with Crippen molar-refractivity contribution < 1.29 is 4.74 Å². The van der Waals surface area contributed by atoms with Gasteiger partial charge in [-0.25, -0.2) is 9.97 Å². The standard InChI is InChI=1S/C16H14BrN5O/c1-10-3-2-8-19-14(10)22-15-13(18)16(21-9-20-15)23-12-6-4-11(17)5-7-12/h2-9H,18H2,1H3,(H,19,20,21,22). The van der Waals surface area contributed by atoms with Crippen LogP contribution >= 0.6 is 15.9 Å². The van der Waals surface area contributed by atoms with Crippen LogP contribution in [0, 0.1) is 6.92 Å². The number of ether oxygens (including phenoxy) is 1. The molecule has 0 aliphatic carbocycles. The number of benzene rings is 1. The summed E-state index contributed by atoms with van der Waals surface area (Å²) in [4.78, 5) is 12.5. The molecule has 0 fully saturated rings. The first kappa shape index (κ1) is 15.2. The molecule has 0 aliphatic heterocycles. The van der Waals surface area contributed by atoms with Crippen LogP contribution in [-0.2, 0) is 0 Å². The van der Waals surface area contributed by atoms with Crippen molar-refractivity contribution in [2.45, 2.75) is 6.92 Å². The van der Waals surface area contributed by atoms with Crippen LogP contribution in [0.15, 0.2) is 53.4 Å². The molecule has 7 heteroatoms. The maximum atomic E-state index is 6.11. The molecule has 2 aromatic heterocycles. The Morgan fingerprint density at radius 2 is 1.83 bits per heavy atom. The van der Waals surface area contributed by atoms with E-state index in [0.717, 1.165) is 10.0 Å². The number of nitrogens with one attached hydrogen (secondary N) is 1. The van der Waals surface area contributed by atoms with Gasteiger partial charge >= 0.3 is 0 Å². The average Bonchev–Trinajstić information content (AvgIpc) is 2.55. The molecule has 0 bridgehead atoms. The second kappa shape index (κ2) is 6.62. The lowest BCUT2D eigenvalue weighted by Gasteiger charge is -2.12. The number of anilines is 3. The van der Waals surface area contributed by atoms with Gasteiger partial charge in [0.15, 0.2) is 5.82 Å². The van der Waals surface area contributed by atoms with E-state index in [1.54, 1.807) is 6.20 Å². The lowest BCUT2D eigenvalue weighted by atomic mass is 10.3. The molecule has 0 atom stereocenters. The van der Waals surface area contributed by atoms with Gasteiger partial charge in [0, 0.05) is 10.7 Å². The molecular weight excluding hydrogens is 358 g/mol. The van der Waals surface area contributed by atoms with Crippen molar-refractivity contribution in [3.05, 3.63) is 59.0 Å². The zero-order valence-electron chi connectivity index (χ0n) is 12.3. The molecule has 6 nitrogen and oxygen atoms in total. The van der Waals surface area contributed by atoms with E-state index in [4.69, 9.17) is 10.5 Å². The number of hydrogen-bond acceptors (Lipinski definition) is 6. The summed E-state index contributed by atoms with van der Waals surface area (Å²) in [5.74, 6) is 2.07. The van der Waals surface area contributed by atoms with Crippen LogP contribution in [0.5, 0.6) is 11.6 Å². The summed E-state index contributed by atoms with van der Waals surface area (Å²) in [5.41, 5.74) is 7.42. The molecule has 0 aliphatic rings. The molecule has 0 spiro atoms. The second-order valence-electron chi connectivity index (χ2n) is 4.79. The van der Waals surface area contributed by atoms with E-state index in [9.17, 15) is 0 Å². The van der Waals surface area contributed by atoms with Crippen molar-refractivity contribution >= 4 is 33.3 Å². The summed E-state index contributed by atoms with van der Waals surface area (Å²) in [6.07, 6.45) is 3.09. The highest BCUT2D eigenvalue weighted by Crippen LogP contribution is 2.31. The highest BCUT2D eigenvalue weighted by Gasteiger charge is 2.11. The number of nitrogen functional groups attached to an aromatic ring is 1. The fourth-order valence-corrected chi connectivity index (χ4v) is 2.17. The van der Waals surface area contributed by atoms with Gasteiger partial charge in [-0.05, 0) is 42.8 Å². The predicted molar refractivity (Wildman–Crippen MR) is 92.9 cm³/mol. The summed E-state index contributed by atoms with van der Waals surface area (Å²) in [7, 11) is 0. The van der Waals surface area contributed by atoms with Gasteiger partial charge in [-0.15, -0.1) is 0 Å². The van der Waals surface area contributed by atoms with Crippen LogP contribution in [-0.4, -0.2) is 15.0 Å². The van der Waals surface area contributed by atoms with Gasteiger partial charge in [0.25, 0.3) is 0 Å². The van der Waals surface area contributed by atoms with Gasteiger partial charge < -0.3 is 15.8 Å². The first-order chi connectivity index (χ1) is 11.1. The first-order valence-electron chi connectivity index (χ1n) is 6.86. The van der Waals surface area contributed by atoms with Crippen LogP contribution in [0.3, 0.4) is 0 Å². The zero-order valence-corrected chi connectivity index (χ0v) is 13.9. The molecule has 3 aromatic rings. The highest BCUT2D eigenvalue weighted by atomic mass is 79.9. The molecular formula is C16H14BrN5O. The largest absolute Gasteiger partial charge is 0.437 e. The Morgan fingerprint density at radius 3 is 2.57 bits per heavy atom. The third-order valence-electron chi connectivity index (χ3n) is 3.12. The Morgan fingerprint density at radius 1 is 1.04 bits per heavy atom. The van der Waals surface area contributed by atoms with Crippen molar-refractivity contribution in [1.82, 2.24) is 15.0 Å². The maximum Gasteiger partial charge on any atom is 0.248 e. The van der Waals surface area contributed by atoms with Crippen LogP contribution in [0.1, 0.15) is 5.56 Å². The Hall–Kier alpha value is -2.67.